The Kier molecular flexibility index (Phi) is 7.17. The van der Waals surface area contributed by atoms with Crippen molar-refractivity contribution in [3.05, 3.63) is 200 Å². The predicted molar refractivity (Wildman–Crippen MR) is 229 cm³/mol. The van der Waals surface area contributed by atoms with Crippen molar-refractivity contribution < 1.29 is 8.83 Å². The molecule has 0 atom stereocenters. The molecular formula is C52H33NO2. The van der Waals surface area contributed by atoms with Crippen molar-refractivity contribution in [1.82, 2.24) is 0 Å². The molecule has 2 heterocycles. The standard InChI is InChI=1S/C52H33NO2/c1-4-15-34(16-5-1)35-27-29-38(30-28-35)53(46-25-14-24-44-42-22-12-13-26-48(42)54-51(44)46)47-33-45-49-39(36-17-6-2-7-18-36)31-32-40(37-19-8-3-9-20-37)52(49)55-50(45)43-23-11-10-21-41(43)47/h1-33H. The second-order valence-electron chi connectivity index (χ2n) is 14.0. The molecule has 3 nitrogen and oxygen atoms in total. The Labute approximate surface area is 317 Å². The zero-order valence-corrected chi connectivity index (χ0v) is 29.8. The van der Waals surface area contributed by atoms with E-state index in [0.29, 0.717) is 0 Å². The molecule has 3 heteroatoms. The normalized spacial score (nSPS) is 11.6. The van der Waals surface area contributed by atoms with Crippen molar-refractivity contribution in [2.24, 2.45) is 0 Å². The summed E-state index contributed by atoms with van der Waals surface area (Å²) in [6.45, 7) is 0. The maximum atomic E-state index is 7.10. The molecule has 0 unspecified atom stereocenters. The molecule has 0 spiro atoms. The lowest BCUT2D eigenvalue weighted by Gasteiger charge is -2.27. The van der Waals surface area contributed by atoms with Gasteiger partial charge in [-0.3, -0.25) is 0 Å². The molecule has 2 aromatic heterocycles. The average Bonchev–Trinajstić information content (AvgIpc) is 3.85. The summed E-state index contributed by atoms with van der Waals surface area (Å²) >= 11 is 0. The summed E-state index contributed by atoms with van der Waals surface area (Å²) in [4.78, 5) is 2.36. The quantitative estimate of drug-likeness (QED) is 0.173. The van der Waals surface area contributed by atoms with E-state index < -0.39 is 0 Å². The van der Waals surface area contributed by atoms with Crippen molar-refractivity contribution in [2.45, 2.75) is 0 Å². The molecule has 0 fully saturated rings. The molecule has 11 aromatic rings. The molecule has 9 aromatic carbocycles. The first-order valence-electron chi connectivity index (χ1n) is 18.7. The molecule has 0 amide bonds. The van der Waals surface area contributed by atoms with Gasteiger partial charge in [0, 0.05) is 43.6 Å². The van der Waals surface area contributed by atoms with Gasteiger partial charge in [0.1, 0.15) is 16.7 Å². The van der Waals surface area contributed by atoms with Crippen molar-refractivity contribution in [2.75, 3.05) is 4.90 Å². The van der Waals surface area contributed by atoms with E-state index in [2.05, 4.69) is 193 Å². The third-order valence-corrected chi connectivity index (χ3v) is 10.9. The number of para-hydroxylation sites is 2. The van der Waals surface area contributed by atoms with Gasteiger partial charge in [-0.05, 0) is 64.2 Å². The minimum atomic E-state index is 0.841. The van der Waals surface area contributed by atoms with Gasteiger partial charge >= 0.3 is 0 Å². The van der Waals surface area contributed by atoms with Crippen LogP contribution in [0.3, 0.4) is 0 Å². The van der Waals surface area contributed by atoms with Crippen LogP contribution in [0.2, 0.25) is 0 Å². The van der Waals surface area contributed by atoms with Crippen molar-refractivity contribution in [3.63, 3.8) is 0 Å². The second kappa shape index (κ2) is 12.6. The number of fused-ring (bicyclic) bond motifs is 8. The lowest BCUT2D eigenvalue weighted by Crippen LogP contribution is -2.11. The van der Waals surface area contributed by atoms with E-state index >= 15 is 0 Å². The highest BCUT2D eigenvalue weighted by molar-refractivity contribution is 6.25. The number of rotatable bonds is 6. The Balaban J connectivity index is 1.25. The first kappa shape index (κ1) is 31.2. The zero-order chi connectivity index (χ0) is 36.3. The average molecular weight is 704 g/mol. The van der Waals surface area contributed by atoms with E-state index in [-0.39, 0.29) is 0 Å². The van der Waals surface area contributed by atoms with Crippen LogP contribution in [0.4, 0.5) is 17.1 Å². The molecule has 258 valence electrons. The van der Waals surface area contributed by atoms with E-state index in [1.165, 1.54) is 5.56 Å². The minimum Gasteiger partial charge on any atom is -0.455 e. The lowest BCUT2D eigenvalue weighted by molar-refractivity contribution is 0.669. The summed E-state index contributed by atoms with van der Waals surface area (Å²) in [5, 5.41) is 6.46. The maximum absolute atomic E-state index is 7.10. The Bertz CT molecular complexity index is 3180. The topological polar surface area (TPSA) is 29.5 Å². The van der Waals surface area contributed by atoms with Crippen LogP contribution in [0.15, 0.2) is 209 Å². The van der Waals surface area contributed by atoms with Gasteiger partial charge in [-0.1, -0.05) is 164 Å². The van der Waals surface area contributed by atoms with Gasteiger partial charge in [0.25, 0.3) is 0 Å². The SMILES string of the molecule is c1ccc(-c2ccc(N(c3cc4c(oc5c(-c6ccccc6)ccc(-c6ccccc6)c54)c4ccccc34)c3cccc4c3oc3ccccc34)cc2)cc1. The summed E-state index contributed by atoms with van der Waals surface area (Å²) in [6.07, 6.45) is 0. The Morgan fingerprint density at radius 2 is 0.855 bits per heavy atom. The largest absolute Gasteiger partial charge is 0.455 e. The molecule has 0 N–H and O–H groups in total. The van der Waals surface area contributed by atoms with Crippen molar-refractivity contribution in [3.8, 4) is 33.4 Å². The number of benzene rings is 9. The van der Waals surface area contributed by atoms with Gasteiger partial charge in [0.05, 0.1) is 11.4 Å². The summed E-state index contributed by atoms with van der Waals surface area (Å²) in [5.41, 5.74) is 13.3. The molecule has 0 aliphatic rings. The molecule has 55 heavy (non-hydrogen) atoms. The zero-order valence-electron chi connectivity index (χ0n) is 29.8. The number of nitrogens with zero attached hydrogens (tertiary/aromatic N) is 1. The summed E-state index contributed by atoms with van der Waals surface area (Å²) in [6, 6.07) is 70.7. The van der Waals surface area contributed by atoms with E-state index in [9.17, 15) is 0 Å². The van der Waals surface area contributed by atoms with Gasteiger partial charge in [0.2, 0.25) is 0 Å². The van der Waals surface area contributed by atoms with Gasteiger partial charge in [-0.2, -0.15) is 0 Å². The number of hydrogen-bond acceptors (Lipinski definition) is 3. The second-order valence-corrected chi connectivity index (χ2v) is 14.0. The third kappa shape index (κ3) is 5.05. The lowest BCUT2D eigenvalue weighted by atomic mass is 9.93. The molecule has 0 aliphatic carbocycles. The van der Waals surface area contributed by atoms with Crippen molar-refractivity contribution >= 4 is 71.7 Å². The summed E-state index contributed by atoms with van der Waals surface area (Å²) < 4.78 is 13.8. The highest BCUT2D eigenvalue weighted by Crippen LogP contribution is 2.50. The maximum Gasteiger partial charge on any atom is 0.159 e. The molecule has 0 saturated carbocycles. The number of hydrogen-bond donors (Lipinski definition) is 0. The van der Waals surface area contributed by atoms with E-state index in [1.807, 2.05) is 12.1 Å². The van der Waals surface area contributed by atoms with E-state index in [0.717, 1.165) is 99.5 Å². The molecule has 0 radical (unpaired) electrons. The van der Waals surface area contributed by atoms with E-state index in [4.69, 9.17) is 8.83 Å². The fourth-order valence-electron chi connectivity index (χ4n) is 8.32. The van der Waals surface area contributed by atoms with Crippen LogP contribution >= 0.6 is 0 Å². The van der Waals surface area contributed by atoms with Crippen LogP contribution in [0.1, 0.15) is 0 Å². The monoisotopic (exact) mass is 703 g/mol. The summed E-state index contributed by atoms with van der Waals surface area (Å²) in [5.74, 6) is 0. The molecular weight excluding hydrogens is 671 g/mol. The Morgan fingerprint density at radius 3 is 1.58 bits per heavy atom. The predicted octanol–water partition coefficient (Wildman–Crippen LogP) is 15.1. The fourth-order valence-corrected chi connectivity index (χ4v) is 8.32. The molecule has 0 aliphatic heterocycles. The minimum absolute atomic E-state index is 0.841. The Hall–Kier alpha value is -7.36. The fraction of sp³-hybridized carbons (Fsp3) is 0. The van der Waals surface area contributed by atoms with Crippen molar-refractivity contribution in [1.29, 1.82) is 0 Å². The molecule has 0 saturated heterocycles. The highest BCUT2D eigenvalue weighted by atomic mass is 16.3. The number of furan rings is 2. The van der Waals surface area contributed by atoms with Gasteiger partial charge in [-0.15, -0.1) is 0 Å². The first-order chi connectivity index (χ1) is 27.3. The van der Waals surface area contributed by atoms with Crippen LogP contribution < -0.4 is 4.90 Å². The summed E-state index contributed by atoms with van der Waals surface area (Å²) in [7, 11) is 0. The van der Waals surface area contributed by atoms with E-state index in [1.54, 1.807) is 0 Å². The van der Waals surface area contributed by atoms with Gasteiger partial charge in [-0.25, -0.2) is 0 Å². The Morgan fingerprint density at radius 1 is 0.309 bits per heavy atom. The van der Waals surface area contributed by atoms with Gasteiger partial charge in [0.15, 0.2) is 5.58 Å². The van der Waals surface area contributed by atoms with Crippen LogP contribution in [-0.2, 0) is 0 Å². The molecule has 0 bridgehead atoms. The smallest absolute Gasteiger partial charge is 0.159 e. The molecule has 11 rings (SSSR count). The van der Waals surface area contributed by atoms with Crippen LogP contribution in [0.25, 0.3) is 88.0 Å². The first-order valence-corrected chi connectivity index (χ1v) is 18.7. The third-order valence-electron chi connectivity index (χ3n) is 10.9. The highest BCUT2D eigenvalue weighted by Gasteiger charge is 2.25. The van der Waals surface area contributed by atoms with Crippen LogP contribution in [0, 0.1) is 0 Å². The van der Waals surface area contributed by atoms with Gasteiger partial charge < -0.3 is 13.7 Å². The van der Waals surface area contributed by atoms with Crippen LogP contribution in [-0.4, -0.2) is 0 Å². The van der Waals surface area contributed by atoms with Crippen LogP contribution in [0.5, 0.6) is 0 Å². The number of anilines is 3.